The summed E-state index contributed by atoms with van der Waals surface area (Å²) >= 11 is 6.32. The number of nitrogens with one attached hydrogen (secondary N) is 1. The molecule has 0 radical (unpaired) electrons. The van der Waals surface area contributed by atoms with Gasteiger partial charge in [0.25, 0.3) is 23.6 Å². The quantitative estimate of drug-likeness (QED) is 0.147. The number of amides is 4. The second kappa shape index (κ2) is 10.5. The number of hydroxylamine groups is 2. The molecule has 6 atom stereocenters. The Morgan fingerprint density at radius 3 is 2.32 bits per heavy atom. The zero-order valence-corrected chi connectivity index (χ0v) is 25.4. The lowest BCUT2D eigenvalue weighted by Gasteiger charge is -2.50. The molecule has 9 nitrogen and oxygen atoms in total. The molecule has 47 heavy (non-hydrogen) atoms. The number of carbonyl (C=O) groups excluding carboxylic acids is 4. The first-order valence-corrected chi connectivity index (χ1v) is 15.6. The van der Waals surface area contributed by atoms with E-state index in [0.717, 1.165) is 10.4 Å². The van der Waals surface area contributed by atoms with Gasteiger partial charge >= 0.3 is 0 Å². The van der Waals surface area contributed by atoms with Gasteiger partial charge in [-0.05, 0) is 77.6 Å². The summed E-state index contributed by atoms with van der Waals surface area (Å²) in [6.07, 6.45) is 1.97. The van der Waals surface area contributed by atoms with Crippen molar-refractivity contribution in [3.63, 3.8) is 0 Å². The summed E-state index contributed by atoms with van der Waals surface area (Å²) in [4.78, 5) is 56.2. The number of fused-ring (bicyclic) bond motifs is 5. The lowest BCUT2D eigenvalue weighted by molar-refractivity contribution is -0.173. The van der Waals surface area contributed by atoms with Gasteiger partial charge in [-0.1, -0.05) is 65.7 Å². The van der Waals surface area contributed by atoms with Crippen LogP contribution >= 0.6 is 11.6 Å². The first-order chi connectivity index (χ1) is 22.6. The van der Waals surface area contributed by atoms with Gasteiger partial charge in [-0.15, -0.1) is 0 Å². The Kier molecular flexibility index (Phi) is 6.54. The number of hydrogen-bond donors (Lipinski definition) is 3. The minimum Gasteiger partial charge on any atom is -0.508 e. The normalized spacial score (nSPS) is 28.3. The zero-order valence-electron chi connectivity index (χ0n) is 24.6. The van der Waals surface area contributed by atoms with Gasteiger partial charge in [0.1, 0.15) is 11.6 Å². The van der Waals surface area contributed by atoms with E-state index in [4.69, 9.17) is 11.6 Å². The van der Waals surface area contributed by atoms with E-state index in [1.54, 1.807) is 36.4 Å². The van der Waals surface area contributed by atoms with Crippen LogP contribution in [0.4, 0.5) is 10.1 Å². The van der Waals surface area contributed by atoms with E-state index in [-0.39, 0.29) is 23.7 Å². The van der Waals surface area contributed by atoms with Crippen molar-refractivity contribution in [1.82, 2.24) is 10.1 Å². The van der Waals surface area contributed by atoms with E-state index >= 15 is 4.79 Å². The van der Waals surface area contributed by atoms with E-state index in [9.17, 15) is 29.1 Å². The summed E-state index contributed by atoms with van der Waals surface area (Å²) in [5.74, 6) is -7.80. The Morgan fingerprint density at radius 2 is 1.57 bits per heavy atom. The molecule has 3 fully saturated rings. The summed E-state index contributed by atoms with van der Waals surface area (Å²) in [7, 11) is 0. The number of allylic oxidation sites excluding steroid dienone is 2. The van der Waals surface area contributed by atoms with Crippen LogP contribution in [0.3, 0.4) is 0 Å². The number of carbonyl (C=O) groups is 4. The van der Waals surface area contributed by atoms with Crippen LogP contribution in [0.1, 0.15) is 29.9 Å². The number of benzene rings is 4. The Labute approximate surface area is 272 Å². The molecule has 4 aliphatic rings. The molecule has 8 rings (SSSR count). The monoisotopic (exact) mass is 651 g/mol. The number of aromatic hydroxyl groups is 1. The Bertz CT molecular complexity index is 2050. The first kappa shape index (κ1) is 29.3. The zero-order chi connectivity index (χ0) is 32.8. The summed E-state index contributed by atoms with van der Waals surface area (Å²) in [5, 5.41) is 25.1. The van der Waals surface area contributed by atoms with Crippen molar-refractivity contribution in [2.24, 2.45) is 23.7 Å². The van der Waals surface area contributed by atoms with Gasteiger partial charge in [0.05, 0.1) is 28.9 Å². The van der Waals surface area contributed by atoms with Gasteiger partial charge in [-0.25, -0.2) is 4.39 Å². The van der Waals surface area contributed by atoms with Crippen LogP contribution in [0.25, 0.3) is 10.8 Å². The fourth-order valence-electron chi connectivity index (χ4n) is 8.54. The highest BCUT2D eigenvalue weighted by Gasteiger charge is 2.70. The van der Waals surface area contributed by atoms with Gasteiger partial charge in [0.2, 0.25) is 0 Å². The highest BCUT2D eigenvalue weighted by Crippen LogP contribution is 2.65. The molecule has 0 bridgehead atoms. The van der Waals surface area contributed by atoms with Crippen LogP contribution < -0.4 is 5.43 Å². The standard InChI is InChI=1S/C36H27ClFN3O6/c37-20-8-6-19(7-9-20)36-27(33(44)40(35(36)46)39-22-12-10-21(38)11-13-22)17-26-24(14-15-25-29(26)34(45)41(47)32(25)43)31(36)30-23-4-2-1-3-18(23)5-16-28(30)42/h1-14,16,25-27,29,31,39,42,47H,15,17H2. The second-order valence-electron chi connectivity index (χ2n) is 12.6. The van der Waals surface area contributed by atoms with Crippen LogP contribution in [0, 0.1) is 29.5 Å². The lowest BCUT2D eigenvalue weighted by Crippen LogP contribution is -2.53. The summed E-state index contributed by atoms with van der Waals surface area (Å²) in [5.41, 5.74) is 3.06. The van der Waals surface area contributed by atoms with Crippen molar-refractivity contribution in [3.8, 4) is 5.75 Å². The largest absolute Gasteiger partial charge is 0.508 e. The van der Waals surface area contributed by atoms with Crippen molar-refractivity contribution < 1.29 is 33.9 Å². The van der Waals surface area contributed by atoms with E-state index in [2.05, 4.69) is 5.43 Å². The third kappa shape index (κ3) is 4.04. The molecule has 2 aliphatic heterocycles. The summed E-state index contributed by atoms with van der Waals surface area (Å²) in [6, 6.07) is 22.6. The number of rotatable bonds is 4. The number of phenols is 1. The Morgan fingerprint density at radius 1 is 0.851 bits per heavy atom. The van der Waals surface area contributed by atoms with E-state index in [1.807, 2.05) is 30.3 Å². The third-order valence-electron chi connectivity index (χ3n) is 10.5. The van der Waals surface area contributed by atoms with Crippen molar-refractivity contribution in [1.29, 1.82) is 0 Å². The first-order valence-electron chi connectivity index (χ1n) is 15.3. The fourth-order valence-corrected chi connectivity index (χ4v) is 8.67. The number of imide groups is 2. The van der Waals surface area contributed by atoms with Gasteiger partial charge in [-0.2, -0.15) is 10.1 Å². The van der Waals surface area contributed by atoms with Crippen molar-refractivity contribution in [2.75, 3.05) is 5.43 Å². The van der Waals surface area contributed by atoms with E-state index in [0.29, 0.717) is 32.8 Å². The second-order valence-corrected chi connectivity index (χ2v) is 13.0. The van der Waals surface area contributed by atoms with E-state index < -0.39 is 64.5 Å². The molecule has 2 heterocycles. The summed E-state index contributed by atoms with van der Waals surface area (Å²) < 4.78 is 13.8. The molecule has 1 saturated carbocycles. The molecule has 0 aromatic heterocycles. The lowest BCUT2D eigenvalue weighted by atomic mass is 9.48. The van der Waals surface area contributed by atoms with E-state index in [1.165, 1.54) is 24.3 Å². The van der Waals surface area contributed by atoms with Crippen molar-refractivity contribution in [2.45, 2.75) is 24.2 Å². The van der Waals surface area contributed by atoms with Crippen LogP contribution in [0.15, 0.2) is 96.6 Å². The molecular formula is C36H27ClFN3O6. The van der Waals surface area contributed by atoms with Gasteiger partial charge in [0, 0.05) is 16.5 Å². The maximum Gasteiger partial charge on any atom is 0.260 e. The molecule has 3 N–H and O–H groups in total. The predicted octanol–water partition coefficient (Wildman–Crippen LogP) is 5.71. The van der Waals surface area contributed by atoms with Gasteiger partial charge < -0.3 is 5.11 Å². The Hall–Kier alpha value is -5.06. The fraction of sp³-hybridized carbons (Fsp3) is 0.222. The Balaban J connectivity index is 1.42. The maximum absolute atomic E-state index is 15.2. The van der Waals surface area contributed by atoms with Gasteiger partial charge in [-0.3, -0.25) is 29.8 Å². The average Bonchev–Trinajstić information content (AvgIpc) is 3.43. The molecule has 2 aliphatic carbocycles. The van der Waals surface area contributed by atoms with Crippen LogP contribution in [-0.2, 0) is 24.6 Å². The predicted molar refractivity (Wildman–Crippen MR) is 168 cm³/mol. The molecule has 0 spiro atoms. The average molecular weight is 652 g/mol. The third-order valence-corrected chi connectivity index (χ3v) is 10.7. The number of hydrazine groups is 1. The maximum atomic E-state index is 15.2. The minimum absolute atomic E-state index is 0.0106. The van der Waals surface area contributed by atoms with Crippen LogP contribution in [0.5, 0.6) is 5.75 Å². The molecule has 4 aromatic rings. The molecule has 6 unspecified atom stereocenters. The SMILES string of the molecule is O=C1C2CC=C3C(CC4C(=O)N(Nc5ccc(F)cc5)C(=O)C4(c4ccc(Cl)cc4)C3c3c(O)ccc4ccccc34)C2C(=O)N1O. The number of nitrogens with zero attached hydrogens (tertiary/aromatic N) is 2. The summed E-state index contributed by atoms with van der Waals surface area (Å²) in [6.45, 7) is 0. The molecular weight excluding hydrogens is 625 g/mol. The molecule has 4 aromatic carbocycles. The van der Waals surface area contributed by atoms with Crippen molar-refractivity contribution >= 4 is 51.7 Å². The smallest absolute Gasteiger partial charge is 0.260 e. The number of halogens is 2. The highest BCUT2D eigenvalue weighted by molar-refractivity contribution is 6.30. The molecule has 11 heteroatoms. The topological polar surface area (TPSA) is 127 Å². The van der Waals surface area contributed by atoms with Gasteiger partial charge in [0.15, 0.2) is 0 Å². The minimum atomic E-state index is -1.64. The number of anilines is 1. The number of hydrogen-bond acceptors (Lipinski definition) is 7. The van der Waals surface area contributed by atoms with Crippen LogP contribution in [-0.4, -0.2) is 44.0 Å². The van der Waals surface area contributed by atoms with Crippen LogP contribution in [0.2, 0.25) is 5.02 Å². The number of phenolic OH excluding ortho intramolecular Hbond substituents is 1. The van der Waals surface area contributed by atoms with Crippen molar-refractivity contribution in [3.05, 3.63) is 119 Å². The highest BCUT2D eigenvalue weighted by atomic mass is 35.5. The molecule has 236 valence electrons. The molecule has 4 amide bonds. The molecule has 2 saturated heterocycles.